The first-order chi connectivity index (χ1) is 4.77. The van der Waals surface area contributed by atoms with E-state index in [4.69, 9.17) is 0 Å². The van der Waals surface area contributed by atoms with Crippen LogP contribution in [0.3, 0.4) is 0 Å². The van der Waals surface area contributed by atoms with Crippen LogP contribution in [0.5, 0.6) is 0 Å². The molecule has 0 aromatic rings. The van der Waals surface area contributed by atoms with Crippen LogP contribution in [0.25, 0.3) is 0 Å². The van der Waals surface area contributed by atoms with E-state index in [1.54, 1.807) is 6.92 Å². The lowest BCUT2D eigenvalue weighted by Crippen LogP contribution is -2.37. The molecule has 0 aliphatic carbocycles. The van der Waals surface area contributed by atoms with Crippen molar-refractivity contribution >= 4 is 17.7 Å². The van der Waals surface area contributed by atoms with E-state index in [-0.39, 0.29) is 5.91 Å². The monoisotopic (exact) mass is 157 g/mol. The minimum atomic E-state index is 0.257. The van der Waals surface area contributed by atoms with Gasteiger partial charge in [0.2, 0.25) is 5.91 Å². The summed E-state index contributed by atoms with van der Waals surface area (Å²) in [5, 5.41) is 0.758. The van der Waals surface area contributed by atoms with Crippen LogP contribution in [0.2, 0.25) is 0 Å². The highest BCUT2D eigenvalue weighted by atomic mass is 32.2. The molecule has 2 heterocycles. The normalized spacial score (nSPS) is 37.1. The van der Waals surface area contributed by atoms with E-state index in [1.165, 1.54) is 12.2 Å². The molecular weight excluding hydrogens is 146 g/mol. The van der Waals surface area contributed by atoms with Crippen LogP contribution in [-0.2, 0) is 4.79 Å². The maximum atomic E-state index is 11.0. The van der Waals surface area contributed by atoms with Crippen LogP contribution >= 0.6 is 11.8 Å². The Kier molecular flexibility index (Phi) is 1.41. The van der Waals surface area contributed by atoms with E-state index >= 15 is 0 Å². The third-order valence-corrected chi connectivity index (χ3v) is 3.70. The molecule has 0 spiro atoms. The molecule has 2 nitrogen and oxygen atoms in total. The average Bonchev–Trinajstić information content (AvgIpc) is 2.44. The predicted octanol–water partition coefficient (Wildman–Crippen LogP) is 0.723. The van der Waals surface area contributed by atoms with Gasteiger partial charge in [0.25, 0.3) is 0 Å². The first-order valence-electron chi connectivity index (χ1n) is 3.66. The van der Waals surface area contributed by atoms with Gasteiger partial charge in [0.15, 0.2) is 0 Å². The van der Waals surface area contributed by atoms with Crippen LogP contribution in [0.1, 0.15) is 13.3 Å². The Morgan fingerprint density at radius 1 is 1.70 bits per heavy atom. The summed E-state index contributed by atoms with van der Waals surface area (Å²) in [6, 6.07) is 0.576. The summed E-state index contributed by atoms with van der Waals surface area (Å²) >= 11 is 2.02. The molecule has 2 fully saturated rings. The van der Waals surface area contributed by atoms with Crippen LogP contribution in [-0.4, -0.2) is 34.4 Å². The van der Waals surface area contributed by atoms with Gasteiger partial charge < -0.3 is 4.90 Å². The van der Waals surface area contributed by atoms with Crippen molar-refractivity contribution in [2.45, 2.75) is 24.6 Å². The van der Waals surface area contributed by atoms with Gasteiger partial charge in [-0.15, -0.1) is 0 Å². The molecule has 0 aromatic heterocycles. The molecule has 2 atom stereocenters. The molecule has 2 bridgehead atoms. The topological polar surface area (TPSA) is 20.3 Å². The van der Waals surface area contributed by atoms with Gasteiger partial charge in [-0.3, -0.25) is 4.79 Å². The Bertz CT molecular complexity index is 171. The summed E-state index contributed by atoms with van der Waals surface area (Å²) in [5.41, 5.74) is 0. The highest BCUT2D eigenvalue weighted by molar-refractivity contribution is 8.00. The average molecular weight is 157 g/mol. The van der Waals surface area contributed by atoms with Crippen LogP contribution < -0.4 is 0 Å². The summed E-state index contributed by atoms with van der Waals surface area (Å²) in [5.74, 6) is 1.43. The van der Waals surface area contributed by atoms with Gasteiger partial charge in [0.1, 0.15) is 0 Å². The van der Waals surface area contributed by atoms with Gasteiger partial charge in [0.05, 0.1) is 0 Å². The Hall–Kier alpha value is -0.180. The van der Waals surface area contributed by atoms with Crippen LogP contribution in [0.4, 0.5) is 0 Å². The zero-order valence-electron chi connectivity index (χ0n) is 6.04. The van der Waals surface area contributed by atoms with E-state index in [1.807, 2.05) is 16.7 Å². The fourth-order valence-corrected chi connectivity index (χ4v) is 3.22. The highest BCUT2D eigenvalue weighted by Gasteiger charge is 2.39. The van der Waals surface area contributed by atoms with Crippen molar-refractivity contribution in [2.24, 2.45) is 0 Å². The quantitative estimate of drug-likeness (QED) is 0.516. The van der Waals surface area contributed by atoms with Crippen molar-refractivity contribution < 1.29 is 4.79 Å². The second kappa shape index (κ2) is 2.16. The number of rotatable bonds is 0. The summed E-state index contributed by atoms with van der Waals surface area (Å²) in [7, 11) is 0. The molecule has 10 heavy (non-hydrogen) atoms. The van der Waals surface area contributed by atoms with E-state index in [0.29, 0.717) is 6.04 Å². The molecule has 2 rings (SSSR count). The summed E-state index contributed by atoms with van der Waals surface area (Å²) in [6.07, 6.45) is 1.24. The number of hydrogen-bond acceptors (Lipinski definition) is 2. The van der Waals surface area contributed by atoms with Crippen molar-refractivity contribution in [3.8, 4) is 0 Å². The molecule has 2 saturated heterocycles. The fraction of sp³-hybridized carbons (Fsp3) is 0.857. The first-order valence-corrected chi connectivity index (χ1v) is 4.71. The maximum Gasteiger partial charge on any atom is 0.219 e. The summed E-state index contributed by atoms with van der Waals surface area (Å²) < 4.78 is 0. The molecule has 2 aliphatic rings. The molecule has 0 aromatic carbocycles. The zero-order chi connectivity index (χ0) is 7.14. The molecule has 3 heteroatoms. The van der Waals surface area contributed by atoms with E-state index in [9.17, 15) is 4.79 Å². The standard InChI is InChI=1S/C7H11NOS/c1-5(9)8-3-7-2-6(8)4-10-7/h6-7H,2-4H2,1H3. The van der Waals surface area contributed by atoms with Gasteiger partial charge in [-0.2, -0.15) is 11.8 Å². The molecule has 56 valence electrons. The van der Waals surface area contributed by atoms with Crippen molar-refractivity contribution in [3.63, 3.8) is 0 Å². The second-order valence-corrected chi connectivity index (χ2v) is 4.35. The van der Waals surface area contributed by atoms with Gasteiger partial charge in [0, 0.05) is 30.5 Å². The number of nitrogens with zero attached hydrogens (tertiary/aromatic N) is 1. The number of carbonyl (C=O) groups is 1. The van der Waals surface area contributed by atoms with Gasteiger partial charge in [-0.1, -0.05) is 0 Å². The number of amides is 1. The second-order valence-electron chi connectivity index (χ2n) is 3.02. The van der Waals surface area contributed by atoms with Crippen LogP contribution in [0, 0.1) is 0 Å². The number of fused-ring (bicyclic) bond motifs is 2. The van der Waals surface area contributed by atoms with Crippen LogP contribution in [0.15, 0.2) is 0 Å². The minimum Gasteiger partial charge on any atom is -0.338 e. The highest BCUT2D eigenvalue weighted by Crippen LogP contribution is 2.37. The Morgan fingerprint density at radius 2 is 2.50 bits per heavy atom. The maximum absolute atomic E-state index is 11.0. The Morgan fingerprint density at radius 3 is 2.80 bits per heavy atom. The molecule has 0 N–H and O–H groups in total. The van der Waals surface area contributed by atoms with Crippen molar-refractivity contribution in [1.29, 1.82) is 0 Å². The predicted molar refractivity (Wildman–Crippen MR) is 42.0 cm³/mol. The van der Waals surface area contributed by atoms with Crippen molar-refractivity contribution in [2.75, 3.05) is 12.3 Å². The van der Waals surface area contributed by atoms with E-state index in [2.05, 4.69) is 0 Å². The fourth-order valence-electron chi connectivity index (χ4n) is 1.79. The smallest absolute Gasteiger partial charge is 0.219 e. The summed E-state index contributed by atoms with van der Waals surface area (Å²) in [6.45, 7) is 2.68. The lowest BCUT2D eigenvalue weighted by Gasteiger charge is -2.24. The third kappa shape index (κ3) is 0.839. The SMILES string of the molecule is CC(=O)N1CC2CC1CS2. The molecule has 2 aliphatic heterocycles. The van der Waals surface area contributed by atoms with E-state index < -0.39 is 0 Å². The van der Waals surface area contributed by atoms with Gasteiger partial charge in [-0.05, 0) is 6.42 Å². The first kappa shape index (κ1) is 6.53. The molecular formula is C7H11NOS. The lowest BCUT2D eigenvalue weighted by molar-refractivity contribution is -0.129. The Balaban J connectivity index is 2.08. The largest absolute Gasteiger partial charge is 0.338 e. The molecule has 0 saturated carbocycles. The van der Waals surface area contributed by atoms with Gasteiger partial charge >= 0.3 is 0 Å². The summed E-state index contributed by atoms with van der Waals surface area (Å²) in [4.78, 5) is 13.0. The minimum absolute atomic E-state index is 0.257. The lowest BCUT2D eigenvalue weighted by atomic mass is 10.2. The number of thioether (sulfide) groups is 1. The zero-order valence-corrected chi connectivity index (χ0v) is 6.86. The van der Waals surface area contributed by atoms with Crippen molar-refractivity contribution in [1.82, 2.24) is 4.90 Å². The number of likely N-dealkylation sites (tertiary alicyclic amines) is 1. The molecule has 2 unspecified atom stereocenters. The van der Waals surface area contributed by atoms with Gasteiger partial charge in [-0.25, -0.2) is 0 Å². The molecule has 0 radical (unpaired) electrons. The number of carbonyl (C=O) groups excluding carboxylic acids is 1. The Labute approximate surface area is 65.0 Å². The third-order valence-electron chi connectivity index (χ3n) is 2.30. The molecule has 1 amide bonds. The van der Waals surface area contributed by atoms with E-state index in [0.717, 1.165) is 11.8 Å². The van der Waals surface area contributed by atoms with Crippen molar-refractivity contribution in [3.05, 3.63) is 0 Å². The number of hydrogen-bond donors (Lipinski definition) is 0.